The Kier molecular flexibility index (Phi) is 6.02. The Morgan fingerprint density at radius 2 is 1.92 bits per heavy atom. The molecule has 1 rings (SSSR count). The zero-order valence-electron chi connectivity index (χ0n) is 5.64. The second-order valence-corrected chi connectivity index (χ2v) is 2.81. The minimum atomic E-state index is -1.34. The van der Waals surface area contributed by atoms with Crippen LogP contribution in [0.3, 0.4) is 0 Å². The van der Waals surface area contributed by atoms with Crippen LogP contribution in [-0.4, -0.2) is 62.5 Å². The summed E-state index contributed by atoms with van der Waals surface area (Å²) in [5, 5.41) is 8.00. The summed E-state index contributed by atoms with van der Waals surface area (Å²) < 4.78 is 12.7. The maximum atomic E-state index is 12.7. The number of halogens is 3. The fourth-order valence-electron chi connectivity index (χ4n) is 0.723. The van der Waals surface area contributed by atoms with Gasteiger partial charge in [0.15, 0.2) is 0 Å². The van der Waals surface area contributed by atoms with Gasteiger partial charge in [-0.15, -0.1) is 0 Å². The van der Waals surface area contributed by atoms with Gasteiger partial charge in [-0.3, -0.25) is 0 Å². The topological polar surface area (TPSA) is 37.3 Å². The quantitative estimate of drug-likeness (QED) is 0.611. The first-order valence-corrected chi connectivity index (χ1v) is 3.66. The van der Waals surface area contributed by atoms with Gasteiger partial charge in [0, 0.05) is 0 Å². The summed E-state index contributed by atoms with van der Waals surface area (Å²) >= 11 is 10.8. The SMILES string of the molecule is O=C(O)c1c(Cl)ccc(F)c1Cl.[KH]. The van der Waals surface area contributed by atoms with Crippen LogP contribution in [0.1, 0.15) is 10.4 Å². The van der Waals surface area contributed by atoms with E-state index >= 15 is 0 Å². The summed E-state index contributed by atoms with van der Waals surface area (Å²) in [7, 11) is 0. The molecule has 0 radical (unpaired) electrons. The van der Waals surface area contributed by atoms with Crippen LogP contribution in [0.4, 0.5) is 4.39 Å². The third-order valence-electron chi connectivity index (χ3n) is 1.26. The van der Waals surface area contributed by atoms with Crippen LogP contribution in [0.25, 0.3) is 0 Å². The number of rotatable bonds is 1. The molecule has 0 atom stereocenters. The summed E-state index contributed by atoms with van der Waals surface area (Å²) in [6, 6.07) is 2.16. The third-order valence-corrected chi connectivity index (χ3v) is 1.94. The number of carbonyl (C=O) groups is 1. The van der Waals surface area contributed by atoms with E-state index in [1.54, 1.807) is 0 Å². The van der Waals surface area contributed by atoms with Crippen molar-refractivity contribution in [2.75, 3.05) is 0 Å². The van der Waals surface area contributed by atoms with Gasteiger partial charge in [-0.2, -0.15) is 0 Å². The van der Waals surface area contributed by atoms with Gasteiger partial charge < -0.3 is 5.11 Å². The first-order chi connectivity index (χ1) is 5.54. The van der Waals surface area contributed by atoms with E-state index in [1.165, 1.54) is 0 Å². The summed E-state index contributed by atoms with van der Waals surface area (Å²) in [6.07, 6.45) is 0. The molecular formula is C7H4Cl2FKO2. The molecule has 0 aliphatic heterocycles. The van der Waals surface area contributed by atoms with E-state index in [9.17, 15) is 9.18 Å². The van der Waals surface area contributed by atoms with Gasteiger partial charge in [0.1, 0.15) is 5.82 Å². The molecule has 6 heteroatoms. The molecule has 0 aliphatic carbocycles. The average Bonchev–Trinajstić information content (AvgIpc) is 1.97. The molecule has 0 amide bonds. The van der Waals surface area contributed by atoms with Gasteiger partial charge in [-0.25, -0.2) is 9.18 Å². The Morgan fingerprint density at radius 3 is 2.31 bits per heavy atom. The van der Waals surface area contributed by atoms with E-state index < -0.39 is 22.4 Å². The second-order valence-electron chi connectivity index (χ2n) is 2.02. The van der Waals surface area contributed by atoms with Crippen molar-refractivity contribution < 1.29 is 14.3 Å². The van der Waals surface area contributed by atoms with Crippen LogP contribution >= 0.6 is 23.2 Å². The first-order valence-electron chi connectivity index (χ1n) is 2.91. The van der Waals surface area contributed by atoms with Crippen molar-refractivity contribution in [3.8, 4) is 0 Å². The van der Waals surface area contributed by atoms with Gasteiger partial charge in [-0.1, -0.05) is 23.2 Å². The predicted octanol–water partition coefficient (Wildman–Crippen LogP) is 2.18. The zero-order chi connectivity index (χ0) is 9.30. The molecule has 0 spiro atoms. The van der Waals surface area contributed by atoms with Crippen molar-refractivity contribution in [3.05, 3.63) is 33.6 Å². The van der Waals surface area contributed by atoms with Gasteiger partial charge in [0.25, 0.3) is 0 Å². The molecule has 0 heterocycles. The Hall–Kier alpha value is 0.836. The van der Waals surface area contributed by atoms with E-state index in [-0.39, 0.29) is 56.4 Å². The van der Waals surface area contributed by atoms with Gasteiger partial charge in [0.05, 0.1) is 15.6 Å². The molecule has 66 valence electrons. The maximum absolute atomic E-state index is 12.7. The molecule has 0 aromatic heterocycles. The molecule has 1 N–H and O–H groups in total. The van der Waals surface area contributed by atoms with Crippen LogP contribution in [-0.2, 0) is 0 Å². The van der Waals surface area contributed by atoms with Crippen LogP contribution in [0, 0.1) is 5.82 Å². The molecule has 1 aromatic rings. The molecule has 0 saturated carbocycles. The monoisotopic (exact) mass is 248 g/mol. The molecule has 0 aliphatic rings. The molecule has 1 aromatic carbocycles. The summed E-state index contributed by atoms with van der Waals surface area (Å²) in [5.41, 5.74) is -0.404. The van der Waals surface area contributed by atoms with Crippen LogP contribution in [0.5, 0.6) is 0 Å². The van der Waals surface area contributed by atoms with E-state index in [4.69, 9.17) is 28.3 Å². The van der Waals surface area contributed by atoms with E-state index in [2.05, 4.69) is 0 Å². The normalized spacial score (nSPS) is 9.15. The summed E-state index contributed by atoms with van der Waals surface area (Å²) in [5.74, 6) is -2.14. The molecular weight excluding hydrogens is 245 g/mol. The Labute approximate surface area is 126 Å². The Bertz CT molecular complexity index is 344. The number of hydrogen-bond acceptors (Lipinski definition) is 1. The van der Waals surface area contributed by atoms with Gasteiger partial charge >= 0.3 is 57.4 Å². The van der Waals surface area contributed by atoms with Crippen molar-refractivity contribution >= 4 is 80.6 Å². The molecule has 0 unspecified atom stereocenters. The number of carboxylic acids is 1. The van der Waals surface area contributed by atoms with Crippen molar-refractivity contribution in [2.24, 2.45) is 0 Å². The number of carboxylic acid groups (broad SMARTS) is 1. The first kappa shape index (κ1) is 13.8. The van der Waals surface area contributed by atoms with E-state index in [1.807, 2.05) is 0 Å². The Balaban J connectivity index is 0.00000144. The third kappa shape index (κ3) is 3.16. The van der Waals surface area contributed by atoms with Crippen molar-refractivity contribution in [3.63, 3.8) is 0 Å². The molecule has 0 fully saturated rings. The van der Waals surface area contributed by atoms with Crippen LogP contribution in [0.2, 0.25) is 10.0 Å². The number of benzene rings is 1. The fourth-order valence-corrected chi connectivity index (χ4v) is 1.26. The summed E-state index contributed by atoms with van der Waals surface area (Å²) in [6.45, 7) is 0. The van der Waals surface area contributed by atoms with Crippen LogP contribution < -0.4 is 0 Å². The van der Waals surface area contributed by atoms with E-state index in [0.29, 0.717) is 0 Å². The predicted molar refractivity (Wildman–Crippen MR) is 50.5 cm³/mol. The average molecular weight is 249 g/mol. The summed E-state index contributed by atoms with van der Waals surface area (Å²) in [4.78, 5) is 10.5. The molecule has 0 bridgehead atoms. The second kappa shape index (κ2) is 5.65. The van der Waals surface area contributed by atoms with Gasteiger partial charge in [-0.05, 0) is 12.1 Å². The zero-order valence-corrected chi connectivity index (χ0v) is 7.16. The van der Waals surface area contributed by atoms with Crippen LogP contribution in [0.15, 0.2) is 12.1 Å². The van der Waals surface area contributed by atoms with Gasteiger partial charge in [0.2, 0.25) is 0 Å². The van der Waals surface area contributed by atoms with Crippen molar-refractivity contribution in [1.29, 1.82) is 0 Å². The minimum absolute atomic E-state index is 0. The number of aromatic carboxylic acids is 1. The van der Waals surface area contributed by atoms with Crippen molar-refractivity contribution in [1.82, 2.24) is 0 Å². The number of hydrogen-bond donors (Lipinski definition) is 1. The molecule has 2 nitrogen and oxygen atoms in total. The van der Waals surface area contributed by atoms with E-state index in [0.717, 1.165) is 12.1 Å². The molecule has 13 heavy (non-hydrogen) atoms. The molecule has 0 saturated heterocycles. The fraction of sp³-hybridized carbons (Fsp3) is 0. The Morgan fingerprint density at radius 1 is 1.38 bits per heavy atom. The standard InChI is InChI=1S/C7H3Cl2FO2.K.H/c8-3-1-2-4(10)6(9)5(3)7(11)12;;/h1-2H,(H,11,12);;. The van der Waals surface area contributed by atoms with Crippen molar-refractivity contribution in [2.45, 2.75) is 0 Å².